The van der Waals surface area contributed by atoms with Gasteiger partial charge in [-0.05, 0) is 24.6 Å². The maximum absolute atomic E-state index is 13.9. The number of para-hydroxylation sites is 1. The minimum Gasteiger partial charge on any atom is -0.495 e. The zero-order chi connectivity index (χ0) is 23.5. The molecule has 0 radical (unpaired) electrons. The summed E-state index contributed by atoms with van der Waals surface area (Å²) in [7, 11) is 3.26. The van der Waals surface area contributed by atoms with Crippen molar-refractivity contribution in [3.05, 3.63) is 48.2 Å². The van der Waals surface area contributed by atoms with E-state index in [1.54, 1.807) is 25.3 Å². The minimum atomic E-state index is -0.0728. The van der Waals surface area contributed by atoms with Gasteiger partial charge in [0, 0.05) is 43.3 Å². The van der Waals surface area contributed by atoms with Crippen LogP contribution < -0.4 is 14.4 Å². The minimum absolute atomic E-state index is 0.0728. The maximum atomic E-state index is 13.9. The van der Waals surface area contributed by atoms with Crippen LogP contribution in [0.15, 0.2) is 42.6 Å². The van der Waals surface area contributed by atoms with E-state index >= 15 is 0 Å². The smallest absolute Gasteiger partial charge is 0.262 e. The second-order valence-corrected chi connectivity index (χ2v) is 9.13. The number of methoxy groups -OCH3 is 2. The molecule has 0 spiro atoms. The first kappa shape index (κ1) is 22.6. The van der Waals surface area contributed by atoms with Crippen LogP contribution in [-0.2, 0) is 4.74 Å². The van der Waals surface area contributed by atoms with E-state index in [0.29, 0.717) is 34.3 Å². The molecule has 178 valence electrons. The van der Waals surface area contributed by atoms with Gasteiger partial charge in [0.1, 0.15) is 21.7 Å². The number of thiazole rings is 1. The van der Waals surface area contributed by atoms with Crippen LogP contribution in [0.2, 0.25) is 0 Å². The van der Waals surface area contributed by atoms with Gasteiger partial charge >= 0.3 is 0 Å². The first-order valence-electron chi connectivity index (χ1n) is 11.4. The van der Waals surface area contributed by atoms with Gasteiger partial charge in [0.25, 0.3) is 5.91 Å². The summed E-state index contributed by atoms with van der Waals surface area (Å²) in [4.78, 5) is 26.1. The van der Waals surface area contributed by atoms with Gasteiger partial charge in [0.05, 0.1) is 33.0 Å². The number of ether oxygens (including phenoxy) is 3. The van der Waals surface area contributed by atoms with Gasteiger partial charge in [0.2, 0.25) is 0 Å². The van der Waals surface area contributed by atoms with Crippen LogP contribution >= 0.6 is 11.3 Å². The molecule has 0 saturated carbocycles. The molecule has 2 aromatic heterocycles. The Balaban J connectivity index is 1.50. The number of aromatic amines is 1. The molecular formula is C25H28N4O4S. The molecule has 8 nitrogen and oxygen atoms in total. The van der Waals surface area contributed by atoms with E-state index in [1.165, 1.54) is 11.3 Å². The fourth-order valence-corrected chi connectivity index (χ4v) is 5.44. The molecule has 1 aliphatic rings. The van der Waals surface area contributed by atoms with Gasteiger partial charge in [-0.15, -0.1) is 0 Å². The Kier molecular flexibility index (Phi) is 6.66. The van der Waals surface area contributed by atoms with Crippen molar-refractivity contribution >= 4 is 43.5 Å². The number of fused-ring (bicyclic) bond motifs is 2. The number of carbonyl (C=O) groups excluding carboxylic acids is 1. The summed E-state index contributed by atoms with van der Waals surface area (Å²) < 4.78 is 17.4. The highest BCUT2D eigenvalue weighted by Gasteiger charge is 2.25. The van der Waals surface area contributed by atoms with Crippen LogP contribution in [0.1, 0.15) is 16.8 Å². The van der Waals surface area contributed by atoms with Crippen molar-refractivity contribution in [2.24, 2.45) is 0 Å². The van der Waals surface area contributed by atoms with Crippen molar-refractivity contribution in [3.63, 3.8) is 0 Å². The zero-order valence-electron chi connectivity index (χ0n) is 19.4. The van der Waals surface area contributed by atoms with Crippen molar-refractivity contribution < 1.29 is 19.0 Å². The van der Waals surface area contributed by atoms with Crippen molar-refractivity contribution in [2.45, 2.75) is 6.42 Å². The lowest BCUT2D eigenvalue weighted by atomic mass is 10.1. The second kappa shape index (κ2) is 10.0. The molecule has 5 rings (SSSR count). The number of hydrogen-bond donors (Lipinski definition) is 1. The quantitative estimate of drug-likeness (QED) is 0.408. The van der Waals surface area contributed by atoms with Gasteiger partial charge in [0.15, 0.2) is 5.13 Å². The third-order valence-electron chi connectivity index (χ3n) is 6.15. The highest BCUT2D eigenvalue weighted by Crippen LogP contribution is 2.40. The third-order valence-corrected chi connectivity index (χ3v) is 7.25. The molecule has 1 fully saturated rings. The average Bonchev–Trinajstić information content (AvgIpc) is 3.51. The van der Waals surface area contributed by atoms with Crippen LogP contribution in [0.25, 0.3) is 21.1 Å². The molecule has 9 heteroatoms. The molecule has 1 saturated heterocycles. The maximum Gasteiger partial charge on any atom is 0.262 e. The summed E-state index contributed by atoms with van der Waals surface area (Å²) in [5, 5.41) is 1.54. The molecule has 0 atom stereocenters. The molecule has 3 heterocycles. The number of H-pyrrole nitrogens is 1. The fourth-order valence-electron chi connectivity index (χ4n) is 4.34. The van der Waals surface area contributed by atoms with Crippen molar-refractivity contribution in [1.29, 1.82) is 0 Å². The highest BCUT2D eigenvalue weighted by atomic mass is 32.1. The molecule has 1 aliphatic heterocycles. The SMILES string of the molecule is COc1ccc(OC)c2sc(N(CCCN3CCOCC3)C(=O)c3c[nH]c4ccccc34)nc12. The Morgan fingerprint density at radius 3 is 2.71 bits per heavy atom. The van der Waals surface area contributed by atoms with Crippen LogP contribution in [0.4, 0.5) is 5.13 Å². The molecule has 1 N–H and O–H groups in total. The number of nitrogens with one attached hydrogen (secondary N) is 1. The van der Waals surface area contributed by atoms with Gasteiger partial charge in [-0.3, -0.25) is 14.6 Å². The van der Waals surface area contributed by atoms with E-state index in [-0.39, 0.29) is 5.91 Å². The third kappa shape index (κ3) is 4.34. The number of aromatic nitrogens is 2. The summed E-state index contributed by atoms with van der Waals surface area (Å²) >= 11 is 1.45. The zero-order valence-corrected chi connectivity index (χ0v) is 20.2. The molecule has 0 aliphatic carbocycles. The number of anilines is 1. The van der Waals surface area contributed by atoms with Gasteiger partial charge in [-0.1, -0.05) is 29.5 Å². The summed E-state index contributed by atoms with van der Waals surface area (Å²) in [6.07, 6.45) is 2.62. The number of amides is 1. The number of rotatable bonds is 8. The van der Waals surface area contributed by atoms with Crippen LogP contribution in [0, 0.1) is 0 Å². The molecule has 34 heavy (non-hydrogen) atoms. The molecule has 0 bridgehead atoms. The Bertz CT molecular complexity index is 1250. The topological polar surface area (TPSA) is 79.9 Å². The predicted molar refractivity (Wildman–Crippen MR) is 135 cm³/mol. The highest BCUT2D eigenvalue weighted by molar-refractivity contribution is 7.22. The lowest BCUT2D eigenvalue weighted by Crippen LogP contribution is -2.39. The number of hydrogen-bond acceptors (Lipinski definition) is 7. The number of morpholine rings is 1. The lowest BCUT2D eigenvalue weighted by Gasteiger charge is -2.27. The van der Waals surface area contributed by atoms with Crippen LogP contribution in [-0.4, -0.2) is 74.4 Å². The normalized spacial score (nSPS) is 14.5. The van der Waals surface area contributed by atoms with E-state index in [0.717, 1.165) is 54.9 Å². The summed E-state index contributed by atoms with van der Waals surface area (Å²) in [6, 6.07) is 11.6. The van der Waals surface area contributed by atoms with Gasteiger partial charge in [-0.25, -0.2) is 4.98 Å². The largest absolute Gasteiger partial charge is 0.495 e. The number of carbonyl (C=O) groups is 1. The second-order valence-electron chi connectivity index (χ2n) is 8.16. The number of benzene rings is 2. The van der Waals surface area contributed by atoms with E-state index in [2.05, 4.69) is 9.88 Å². The van der Waals surface area contributed by atoms with E-state index in [1.807, 2.05) is 36.4 Å². The average molecular weight is 481 g/mol. The summed E-state index contributed by atoms with van der Waals surface area (Å²) in [6.45, 7) is 4.82. The first-order chi connectivity index (χ1) is 16.7. The van der Waals surface area contributed by atoms with Gasteiger partial charge < -0.3 is 19.2 Å². The summed E-state index contributed by atoms with van der Waals surface area (Å²) in [5.74, 6) is 1.30. The predicted octanol–water partition coefficient (Wildman–Crippen LogP) is 4.16. The van der Waals surface area contributed by atoms with E-state index < -0.39 is 0 Å². The van der Waals surface area contributed by atoms with Crippen molar-refractivity contribution in [1.82, 2.24) is 14.9 Å². The molecule has 1 amide bonds. The monoisotopic (exact) mass is 480 g/mol. The van der Waals surface area contributed by atoms with E-state index in [4.69, 9.17) is 19.2 Å². The lowest BCUT2D eigenvalue weighted by molar-refractivity contribution is 0.0376. The Morgan fingerprint density at radius 2 is 1.91 bits per heavy atom. The summed E-state index contributed by atoms with van der Waals surface area (Å²) in [5.41, 5.74) is 2.28. The Hall–Kier alpha value is -3.14. The standard InChI is InChI=1S/C25H28N4O4S/c1-31-20-8-9-21(32-2)23-22(20)27-25(34-23)29(11-5-10-28-12-14-33-15-13-28)24(30)18-16-26-19-7-4-3-6-17(18)19/h3-4,6-9,16,26H,5,10-15H2,1-2H3. The molecular weight excluding hydrogens is 452 g/mol. The Morgan fingerprint density at radius 1 is 1.15 bits per heavy atom. The number of nitrogens with zero attached hydrogens (tertiary/aromatic N) is 3. The van der Waals surface area contributed by atoms with Crippen LogP contribution in [0.5, 0.6) is 11.5 Å². The van der Waals surface area contributed by atoms with Crippen LogP contribution in [0.3, 0.4) is 0 Å². The fraction of sp³-hybridized carbons (Fsp3) is 0.360. The van der Waals surface area contributed by atoms with Crippen molar-refractivity contribution in [3.8, 4) is 11.5 Å². The first-order valence-corrected chi connectivity index (χ1v) is 12.2. The molecule has 4 aromatic rings. The molecule has 0 unspecified atom stereocenters. The molecule has 2 aromatic carbocycles. The van der Waals surface area contributed by atoms with E-state index in [9.17, 15) is 4.79 Å². The van der Waals surface area contributed by atoms with Gasteiger partial charge in [-0.2, -0.15) is 0 Å². The Labute approximate surface area is 202 Å². The van der Waals surface area contributed by atoms with Crippen molar-refractivity contribution in [2.75, 3.05) is 58.5 Å².